The highest BCUT2D eigenvalue weighted by molar-refractivity contribution is 6.16. The molecule has 7 heteroatoms. The molecule has 4 amide bonds. The molecule has 3 aliphatic rings. The van der Waals surface area contributed by atoms with Crippen LogP contribution in [0.5, 0.6) is 0 Å². The zero-order valence-electron chi connectivity index (χ0n) is 12.3. The molecule has 0 saturated carbocycles. The monoisotopic (exact) mass is 296 g/mol. The first-order chi connectivity index (χ1) is 9.97. The van der Waals surface area contributed by atoms with Crippen LogP contribution in [0, 0.1) is 11.8 Å². The topological polar surface area (TPSA) is 82.8 Å². The SMILES string of the molecule is CC(C)CC1C(=O)N(CC2CO2)C(=O)N(CC2CO2)C1=O. The molecule has 7 nitrogen and oxygen atoms in total. The number of hydrogen-bond donors (Lipinski definition) is 0. The molecule has 3 rings (SSSR count). The fourth-order valence-electron chi connectivity index (χ4n) is 2.58. The maximum absolute atomic E-state index is 12.5. The molecule has 3 heterocycles. The van der Waals surface area contributed by atoms with Crippen molar-refractivity contribution in [3.8, 4) is 0 Å². The molecule has 0 spiro atoms. The van der Waals surface area contributed by atoms with Gasteiger partial charge in [0, 0.05) is 0 Å². The second kappa shape index (κ2) is 5.38. The standard InChI is InChI=1S/C14H20N2O5/c1-8(2)3-11-12(17)15(4-9-6-20-9)14(19)16(13(11)18)5-10-7-21-10/h8-11H,3-7H2,1-2H3. The van der Waals surface area contributed by atoms with Gasteiger partial charge in [-0.1, -0.05) is 13.8 Å². The van der Waals surface area contributed by atoms with Crippen LogP contribution in [-0.4, -0.2) is 66.2 Å². The number of rotatable bonds is 6. The van der Waals surface area contributed by atoms with Gasteiger partial charge in [-0.25, -0.2) is 4.79 Å². The van der Waals surface area contributed by atoms with Gasteiger partial charge in [-0.3, -0.25) is 19.4 Å². The lowest BCUT2D eigenvalue weighted by Gasteiger charge is -2.37. The predicted molar refractivity (Wildman–Crippen MR) is 71.2 cm³/mol. The van der Waals surface area contributed by atoms with E-state index in [1.54, 1.807) is 0 Å². The van der Waals surface area contributed by atoms with E-state index in [0.717, 1.165) is 0 Å². The van der Waals surface area contributed by atoms with Crippen molar-refractivity contribution < 1.29 is 23.9 Å². The number of nitrogens with zero attached hydrogens (tertiary/aromatic N) is 2. The molecule has 3 aliphatic heterocycles. The third-order valence-electron chi connectivity index (χ3n) is 3.87. The molecule has 0 radical (unpaired) electrons. The summed E-state index contributed by atoms with van der Waals surface area (Å²) in [6.07, 6.45) is 0.296. The lowest BCUT2D eigenvalue weighted by Crippen LogP contribution is -2.61. The first-order valence-electron chi connectivity index (χ1n) is 7.37. The van der Waals surface area contributed by atoms with E-state index < -0.39 is 11.9 Å². The fraction of sp³-hybridized carbons (Fsp3) is 0.786. The lowest BCUT2D eigenvalue weighted by molar-refractivity contribution is -0.150. The number of hydrogen-bond acceptors (Lipinski definition) is 5. The summed E-state index contributed by atoms with van der Waals surface area (Å²) in [6.45, 7) is 5.51. The summed E-state index contributed by atoms with van der Waals surface area (Å²) in [4.78, 5) is 39.7. The van der Waals surface area contributed by atoms with E-state index in [0.29, 0.717) is 19.6 Å². The highest BCUT2D eigenvalue weighted by Crippen LogP contribution is 2.27. The second-order valence-electron chi connectivity index (χ2n) is 6.27. The minimum Gasteiger partial charge on any atom is -0.371 e. The molecule has 21 heavy (non-hydrogen) atoms. The second-order valence-corrected chi connectivity index (χ2v) is 6.27. The maximum atomic E-state index is 12.5. The third kappa shape index (κ3) is 3.08. The summed E-state index contributed by atoms with van der Waals surface area (Å²) < 4.78 is 10.2. The van der Waals surface area contributed by atoms with Crippen molar-refractivity contribution >= 4 is 17.8 Å². The summed E-state index contributed by atoms with van der Waals surface area (Å²) in [5, 5.41) is 0. The Kier molecular flexibility index (Phi) is 3.71. The molecule has 2 atom stereocenters. The van der Waals surface area contributed by atoms with Crippen LogP contribution in [0.2, 0.25) is 0 Å². The molecule has 2 unspecified atom stereocenters. The third-order valence-corrected chi connectivity index (χ3v) is 3.87. The Hall–Kier alpha value is -1.47. The number of ether oxygens (including phenoxy) is 2. The van der Waals surface area contributed by atoms with Crippen LogP contribution < -0.4 is 0 Å². The van der Waals surface area contributed by atoms with Gasteiger partial charge in [-0.05, 0) is 12.3 Å². The zero-order chi connectivity index (χ0) is 15.1. The molecule has 0 aromatic carbocycles. The minimum absolute atomic E-state index is 0.0789. The van der Waals surface area contributed by atoms with E-state index in [-0.39, 0.29) is 43.0 Å². The molecule has 0 aromatic heterocycles. The van der Waals surface area contributed by atoms with E-state index >= 15 is 0 Å². The van der Waals surface area contributed by atoms with Crippen molar-refractivity contribution in [2.45, 2.75) is 32.5 Å². The van der Waals surface area contributed by atoms with Gasteiger partial charge in [0.05, 0.1) is 38.5 Å². The van der Waals surface area contributed by atoms with Crippen molar-refractivity contribution in [2.24, 2.45) is 11.8 Å². The van der Waals surface area contributed by atoms with Crippen LogP contribution in [0.4, 0.5) is 4.79 Å². The van der Waals surface area contributed by atoms with E-state index in [2.05, 4.69) is 0 Å². The molecule has 0 aromatic rings. The number of amides is 4. The van der Waals surface area contributed by atoms with E-state index in [4.69, 9.17) is 9.47 Å². The van der Waals surface area contributed by atoms with E-state index in [1.165, 1.54) is 9.80 Å². The fourth-order valence-corrected chi connectivity index (χ4v) is 2.58. The first-order valence-corrected chi connectivity index (χ1v) is 7.37. The quantitative estimate of drug-likeness (QED) is 0.518. The van der Waals surface area contributed by atoms with Gasteiger partial charge in [0.2, 0.25) is 11.8 Å². The molecule has 3 saturated heterocycles. The number of epoxide rings is 2. The molecule has 0 aliphatic carbocycles. The number of carbonyl (C=O) groups is 3. The summed E-state index contributed by atoms with van der Waals surface area (Å²) in [5.41, 5.74) is 0. The Morgan fingerprint density at radius 1 is 1.00 bits per heavy atom. The summed E-state index contributed by atoms with van der Waals surface area (Å²) in [6, 6.07) is -0.531. The van der Waals surface area contributed by atoms with Gasteiger partial charge in [-0.15, -0.1) is 0 Å². The van der Waals surface area contributed by atoms with Gasteiger partial charge in [0.15, 0.2) is 0 Å². The largest absolute Gasteiger partial charge is 0.371 e. The maximum Gasteiger partial charge on any atom is 0.333 e. The van der Waals surface area contributed by atoms with Gasteiger partial charge in [0.1, 0.15) is 5.92 Å². The Labute approximate surface area is 123 Å². The van der Waals surface area contributed by atoms with Gasteiger partial charge in [-0.2, -0.15) is 0 Å². The van der Waals surface area contributed by atoms with Crippen LogP contribution in [-0.2, 0) is 19.1 Å². The first kappa shape index (κ1) is 14.5. The Bertz CT molecular complexity index is 394. The number of imide groups is 2. The molecule has 0 bridgehead atoms. The van der Waals surface area contributed by atoms with Gasteiger partial charge < -0.3 is 9.47 Å². The minimum atomic E-state index is -0.764. The number of barbiturate groups is 1. The van der Waals surface area contributed by atoms with Gasteiger partial charge in [0.25, 0.3) is 0 Å². The normalized spacial score (nSPS) is 32.1. The molecular formula is C14H20N2O5. The molecule has 0 N–H and O–H groups in total. The predicted octanol–water partition coefficient (Wildman–Crippen LogP) is 0.237. The lowest BCUT2D eigenvalue weighted by atomic mass is 9.92. The van der Waals surface area contributed by atoms with Crippen LogP contribution >= 0.6 is 0 Å². The Balaban J connectivity index is 1.79. The highest BCUT2D eigenvalue weighted by atomic mass is 16.6. The Morgan fingerprint density at radius 3 is 1.76 bits per heavy atom. The number of urea groups is 1. The van der Waals surface area contributed by atoms with Gasteiger partial charge >= 0.3 is 6.03 Å². The summed E-state index contributed by atoms with van der Waals surface area (Å²) in [7, 11) is 0. The van der Waals surface area contributed by atoms with Crippen LogP contribution in [0.1, 0.15) is 20.3 Å². The van der Waals surface area contributed by atoms with Crippen molar-refractivity contribution in [2.75, 3.05) is 26.3 Å². The van der Waals surface area contributed by atoms with Crippen molar-refractivity contribution in [3.63, 3.8) is 0 Å². The van der Waals surface area contributed by atoms with Crippen molar-refractivity contribution in [1.29, 1.82) is 0 Å². The summed E-state index contributed by atoms with van der Waals surface area (Å²) >= 11 is 0. The average Bonchev–Trinajstić information content (AvgIpc) is 3.30. The highest BCUT2D eigenvalue weighted by Gasteiger charge is 2.48. The van der Waals surface area contributed by atoms with Crippen LogP contribution in [0.3, 0.4) is 0 Å². The average molecular weight is 296 g/mol. The molecular weight excluding hydrogens is 276 g/mol. The zero-order valence-corrected chi connectivity index (χ0v) is 12.3. The summed E-state index contributed by atoms with van der Waals surface area (Å²) in [5.74, 6) is -1.33. The van der Waals surface area contributed by atoms with E-state index in [1.807, 2.05) is 13.8 Å². The number of carbonyl (C=O) groups excluding carboxylic acids is 3. The van der Waals surface area contributed by atoms with E-state index in [9.17, 15) is 14.4 Å². The molecule has 116 valence electrons. The van der Waals surface area contributed by atoms with Crippen LogP contribution in [0.15, 0.2) is 0 Å². The van der Waals surface area contributed by atoms with Crippen molar-refractivity contribution in [3.05, 3.63) is 0 Å². The Morgan fingerprint density at radius 2 is 1.43 bits per heavy atom. The van der Waals surface area contributed by atoms with Crippen molar-refractivity contribution in [1.82, 2.24) is 9.80 Å². The van der Waals surface area contributed by atoms with Crippen LogP contribution in [0.25, 0.3) is 0 Å². The smallest absolute Gasteiger partial charge is 0.333 e. The molecule has 3 fully saturated rings.